The van der Waals surface area contributed by atoms with Gasteiger partial charge in [0.15, 0.2) is 0 Å². The lowest BCUT2D eigenvalue weighted by Crippen LogP contribution is -2.33. The predicted molar refractivity (Wildman–Crippen MR) is 61.7 cm³/mol. The highest BCUT2D eigenvalue weighted by molar-refractivity contribution is 5.70. The Kier molecular flexibility index (Phi) is 5.22. The molecule has 2 rings (SSSR count). The lowest BCUT2D eigenvalue weighted by molar-refractivity contribution is -0.152. The summed E-state index contributed by atoms with van der Waals surface area (Å²) in [6.07, 6.45) is 3.15. The van der Waals surface area contributed by atoms with Crippen molar-refractivity contribution >= 4 is 5.97 Å². The number of piperidine rings is 1. The summed E-state index contributed by atoms with van der Waals surface area (Å²) < 4.78 is 15.9. The molecule has 0 radical (unpaired) electrons. The van der Waals surface area contributed by atoms with Crippen LogP contribution in [0.2, 0.25) is 0 Å². The first kappa shape index (κ1) is 12.8. The van der Waals surface area contributed by atoms with Crippen LogP contribution < -0.4 is 5.32 Å². The number of hydrogen-bond donors (Lipinski definition) is 1. The first-order chi connectivity index (χ1) is 8.34. The smallest absolute Gasteiger partial charge is 0.332 e. The predicted octanol–water partition coefficient (Wildman–Crippen LogP) is 0.335. The summed E-state index contributed by atoms with van der Waals surface area (Å²) in [4.78, 5) is 11.4. The fourth-order valence-corrected chi connectivity index (χ4v) is 2.12. The van der Waals surface area contributed by atoms with Crippen LogP contribution in [0.3, 0.4) is 0 Å². The Hall–Kier alpha value is -0.650. The number of esters is 1. The van der Waals surface area contributed by atoms with E-state index in [2.05, 4.69) is 5.32 Å². The number of carbonyl (C=O) groups excluding carboxylic acids is 1. The molecule has 2 aliphatic heterocycles. The molecule has 17 heavy (non-hydrogen) atoms. The number of hydrogen-bond acceptors (Lipinski definition) is 5. The molecule has 0 aromatic heterocycles. The SMILES string of the molecule is O=C(COC1CCNCC1)OCC1CCOC1. The van der Waals surface area contributed by atoms with Crippen LogP contribution >= 0.6 is 0 Å². The molecule has 0 saturated carbocycles. The van der Waals surface area contributed by atoms with Crippen molar-refractivity contribution in [3.8, 4) is 0 Å². The Morgan fingerprint density at radius 3 is 2.82 bits per heavy atom. The molecule has 5 nitrogen and oxygen atoms in total. The van der Waals surface area contributed by atoms with Gasteiger partial charge in [-0.3, -0.25) is 0 Å². The molecule has 1 N–H and O–H groups in total. The van der Waals surface area contributed by atoms with Gasteiger partial charge < -0.3 is 19.5 Å². The van der Waals surface area contributed by atoms with Gasteiger partial charge in [0, 0.05) is 12.5 Å². The van der Waals surface area contributed by atoms with E-state index in [-0.39, 0.29) is 18.7 Å². The van der Waals surface area contributed by atoms with Gasteiger partial charge in [-0.15, -0.1) is 0 Å². The molecule has 0 aromatic rings. The van der Waals surface area contributed by atoms with Crippen molar-refractivity contribution in [2.75, 3.05) is 39.5 Å². The normalized spacial score (nSPS) is 26.0. The van der Waals surface area contributed by atoms with Gasteiger partial charge in [0.05, 0.1) is 19.3 Å². The van der Waals surface area contributed by atoms with Crippen LogP contribution in [0.15, 0.2) is 0 Å². The van der Waals surface area contributed by atoms with Gasteiger partial charge in [-0.05, 0) is 32.4 Å². The van der Waals surface area contributed by atoms with Crippen molar-refractivity contribution in [2.24, 2.45) is 5.92 Å². The maximum atomic E-state index is 11.4. The van der Waals surface area contributed by atoms with Crippen molar-refractivity contribution in [2.45, 2.75) is 25.4 Å². The number of nitrogens with one attached hydrogen (secondary N) is 1. The van der Waals surface area contributed by atoms with Crippen LogP contribution in [-0.4, -0.2) is 51.6 Å². The van der Waals surface area contributed by atoms with E-state index < -0.39 is 0 Å². The summed E-state index contributed by atoms with van der Waals surface area (Å²) in [7, 11) is 0. The molecule has 98 valence electrons. The standard InChI is InChI=1S/C12H21NO4/c14-12(17-8-10-3-6-15-7-10)9-16-11-1-4-13-5-2-11/h10-11,13H,1-9H2. The average Bonchev–Trinajstić information content (AvgIpc) is 2.88. The molecule has 1 unspecified atom stereocenters. The molecule has 2 saturated heterocycles. The molecule has 0 aromatic carbocycles. The Bertz CT molecular complexity index is 235. The highest BCUT2D eigenvalue weighted by Crippen LogP contribution is 2.12. The molecule has 0 amide bonds. The van der Waals surface area contributed by atoms with Gasteiger partial charge in [-0.1, -0.05) is 0 Å². The zero-order valence-corrected chi connectivity index (χ0v) is 10.2. The Labute approximate surface area is 102 Å². The van der Waals surface area contributed by atoms with Gasteiger partial charge in [0.25, 0.3) is 0 Å². The summed E-state index contributed by atoms with van der Waals surface area (Å²) in [5.74, 6) is 0.119. The third-order valence-corrected chi connectivity index (χ3v) is 3.23. The minimum absolute atomic E-state index is 0.0816. The van der Waals surface area contributed by atoms with Crippen LogP contribution in [0.5, 0.6) is 0 Å². The first-order valence-electron chi connectivity index (χ1n) is 6.40. The summed E-state index contributed by atoms with van der Waals surface area (Å²) in [6.45, 7) is 3.99. The maximum absolute atomic E-state index is 11.4. The van der Waals surface area contributed by atoms with E-state index in [1.807, 2.05) is 0 Å². The van der Waals surface area contributed by atoms with E-state index in [0.717, 1.165) is 39.0 Å². The van der Waals surface area contributed by atoms with Gasteiger partial charge in [-0.2, -0.15) is 0 Å². The number of ether oxygens (including phenoxy) is 3. The van der Waals surface area contributed by atoms with Crippen molar-refractivity contribution in [1.29, 1.82) is 0 Å². The van der Waals surface area contributed by atoms with Gasteiger partial charge in [-0.25, -0.2) is 4.79 Å². The molecule has 0 spiro atoms. The topological polar surface area (TPSA) is 56.8 Å². The van der Waals surface area contributed by atoms with E-state index in [9.17, 15) is 4.79 Å². The maximum Gasteiger partial charge on any atom is 0.332 e. The van der Waals surface area contributed by atoms with Crippen molar-refractivity contribution < 1.29 is 19.0 Å². The van der Waals surface area contributed by atoms with E-state index >= 15 is 0 Å². The fraction of sp³-hybridized carbons (Fsp3) is 0.917. The monoisotopic (exact) mass is 243 g/mol. The third-order valence-electron chi connectivity index (χ3n) is 3.23. The second-order valence-corrected chi connectivity index (χ2v) is 4.67. The molecule has 1 atom stereocenters. The minimum Gasteiger partial charge on any atom is -0.464 e. The van der Waals surface area contributed by atoms with Crippen molar-refractivity contribution in [3.63, 3.8) is 0 Å². The Morgan fingerprint density at radius 1 is 1.29 bits per heavy atom. The van der Waals surface area contributed by atoms with Crippen LogP contribution in [0.1, 0.15) is 19.3 Å². The Morgan fingerprint density at radius 2 is 2.12 bits per heavy atom. The van der Waals surface area contributed by atoms with Gasteiger partial charge in [0.1, 0.15) is 6.61 Å². The zero-order valence-electron chi connectivity index (χ0n) is 10.2. The Balaban J connectivity index is 1.53. The lowest BCUT2D eigenvalue weighted by Gasteiger charge is -2.22. The van der Waals surface area contributed by atoms with Crippen LogP contribution in [-0.2, 0) is 19.0 Å². The zero-order chi connectivity index (χ0) is 11.9. The minimum atomic E-state index is -0.254. The van der Waals surface area contributed by atoms with Crippen LogP contribution in [0.4, 0.5) is 0 Å². The van der Waals surface area contributed by atoms with E-state index in [1.54, 1.807) is 0 Å². The largest absolute Gasteiger partial charge is 0.464 e. The number of carbonyl (C=O) groups is 1. The van der Waals surface area contributed by atoms with Crippen LogP contribution in [0.25, 0.3) is 0 Å². The van der Waals surface area contributed by atoms with E-state index in [0.29, 0.717) is 19.1 Å². The summed E-state index contributed by atoms with van der Waals surface area (Å²) in [6, 6.07) is 0. The third kappa shape index (κ3) is 4.61. The summed E-state index contributed by atoms with van der Waals surface area (Å²) >= 11 is 0. The highest BCUT2D eigenvalue weighted by atomic mass is 16.6. The second kappa shape index (κ2) is 6.93. The summed E-state index contributed by atoms with van der Waals surface area (Å²) in [5, 5.41) is 3.25. The molecule has 2 heterocycles. The first-order valence-corrected chi connectivity index (χ1v) is 6.40. The molecule has 0 aliphatic carbocycles. The highest BCUT2D eigenvalue weighted by Gasteiger charge is 2.19. The molecule has 2 fully saturated rings. The molecular weight excluding hydrogens is 222 g/mol. The summed E-state index contributed by atoms with van der Waals surface area (Å²) in [5.41, 5.74) is 0. The molecule has 2 aliphatic rings. The number of rotatable bonds is 5. The van der Waals surface area contributed by atoms with Crippen molar-refractivity contribution in [3.05, 3.63) is 0 Å². The molecular formula is C12H21NO4. The molecule has 0 bridgehead atoms. The van der Waals surface area contributed by atoms with Crippen LogP contribution in [0, 0.1) is 5.92 Å². The van der Waals surface area contributed by atoms with E-state index in [1.165, 1.54) is 0 Å². The van der Waals surface area contributed by atoms with Gasteiger partial charge in [0.2, 0.25) is 0 Å². The lowest BCUT2D eigenvalue weighted by atomic mass is 10.1. The quantitative estimate of drug-likeness (QED) is 0.705. The average molecular weight is 243 g/mol. The van der Waals surface area contributed by atoms with E-state index in [4.69, 9.17) is 14.2 Å². The second-order valence-electron chi connectivity index (χ2n) is 4.67. The fourth-order valence-electron chi connectivity index (χ4n) is 2.12. The van der Waals surface area contributed by atoms with Gasteiger partial charge >= 0.3 is 5.97 Å². The molecule has 5 heteroatoms. The van der Waals surface area contributed by atoms with Crippen molar-refractivity contribution in [1.82, 2.24) is 5.32 Å².